The van der Waals surface area contributed by atoms with Crippen LogP contribution in [0.4, 0.5) is 17.1 Å². The van der Waals surface area contributed by atoms with Crippen molar-refractivity contribution in [1.29, 1.82) is 0 Å². The third-order valence-electron chi connectivity index (χ3n) is 9.28. The molecule has 0 saturated carbocycles. The highest BCUT2D eigenvalue weighted by Crippen LogP contribution is 2.60. The van der Waals surface area contributed by atoms with Crippen LogP contribution < -0.4 is 15.5 Å². The molecule has 242 valence electrons. The number of aliphatic hydroxyl groups excluding tert-OH is 1. The summed E-state index contributed by atoms with van der Waals surface area (Å²) in [6.07, 6.45) is -0.231. The zero-order chi connectivity index (χ0) is 33.3. The van der Waals surface area contributed by atoms with Crippen molar-refractivity contribution >= 4 is 43.1 Å². The first-order chi connectivity index (χ1) is 22.5. The number of nitrogens with zero attached hydrogens (tertiary/aromatic N) is 1. The molecular formula is C37H39N3O6Si. The molecule has 4 aromatic rings. The molecule has 47 heavy (non-hydrogen) atoms. The number of rotatable bonds is 9. The average molecular weight is 650 g/mol. The standard InChI is InChI=1S/C37H39N3O6Si/c1-24-33(47(2,3)45)32(20-21-41)46-37(24)30-22-29(39-35(43)27-12-8-5-9-13-27)18-19-31(30)40(36(37)44)23-25-14-16-28(17-15-25)38-34(42)26-10-6-4-7-11-26/h4-19,22,24,32-33,41,45H,20-21,23H2,1-3H3,(H,38,42)(H,39,43)/t24-,32+,33-,37+/m1/s1. The fourth-order valence-electron chi connectivity index (χ4n) is 7.17. The van der Waals surface area contributed by atoms with E-state index < -0.39 is 25.9 Å². The van der Waals surface area contributed by atoms with E-state index in [-0.39, 0.29) is 42.8 Å². The summed E-state index contributed by atoms with van der Waals surface area (Å²) >= 11 is 0. The van der Waals surface area contributed by atoms with Gasteiger partial charge in [0.25, 0.3) is 17.7 Å². The maximum Gasteiger partial charge on any atom is 0.264 e. The lowest BCUT2D eigenvalue weighted by Crippen LogP contribution is -2.46. The van der Waals surface area contributed by atoms with Crippen molar-refractivity contribution in [2.75, 3.05) is 22.1 Å². The van der Waals surface area contributed by atoms with Gasteiger partial charge in [-0.15, -0.1) is 0 Å². The third kappa shape index (κ3) is 6.12. The van der Waals surface area contributed by atoms with Gasteiger partial charge < -0.3 is 30.2 Å². The second kappa shape index (κ2) is 12.9. The maximum atomic E-state index is 14.7. The number of benzene rings is 4. The van der Waals surface area contributed by atoms with Crippen LogP contribution in [0.3, 0.4) is 0 Å². The molecular weight excluding hydrogens is 611 g/mol. The summed E-state index contributed by atoms with van der Waals surface area (Å²) in [5, 5.41) is 15.8. The molecule has 6 rings (SSSR count). The van der Waals surface area contributed by atoms with Gasteiger partial charge in [-0.25, -0.2) is 0 Å². The molecule has 1 fully saturated rings. The van der Waals surface area contributed by atoms with Crippen LogP contribution in [-0.2, 0) is 21.7 Å². The molecule has 0 aliphatic carbocycles. The molecule has 9 nitrogen and oxygen atoms in total. The Balaban J connectivity index is 1.33. The summed E-state index contributed by atoms with van der Waals surface area (Å²) in [6.45, 7) is 5.72. The number of anilines is 3. The normalized spacial score (nSPS) is 21.9. The molecule has 1 saturated heterocycles. The van der Waals surface area contributed by atoms with Gasteiger partial charge in [0.1, 0.15) is 0 Å². The molecule has 2 aliphatic heterocycles. The smallest absolute Gasteiger partial charge is 0.264 e. The monoisotopic (exact) mass is 649 g/mol. The number of carbonyl (C=O) groups is 3. The first-order valence-corrected chi connectivity index (χ1v) is 18.8. The third-order valence-corrected chi connectivity index (χ3v) is 11.8. The van der Waals surface area contributed by atoms with Gasteiger partial charge in [-0.05, 0) is 79.7 Å². The van der Waals surface area contributed by atoms with Gasteiger partial charge in [0.2, 0.25) is 0 Å². The van der Waals surface area contributed by atoms with E-state index >= 15 is 0 Å². The number of amides is 3. The second-order valence-corrected chi connectivity index (χ2v) is 16.8. The van der Waals surface area contributed by atoms with Crippen molar-refractivity contribution in [3.63, 3.8) is 0 Å². The van der Waals surface area contributed by atoms with Crippen LogP contribution in [0.25, 0.3) is 0 Å². The van der Waals surface area contributed by atoms with Gasteiger partial charge in [0.15, 0.2) is 13.9 Å². The zero-order valence-corrected chi connectivity index (χ0v) is 27.6. The SMILES string of the molecule is C[C@@H]1[C@@H]([Si](C)(C)O)[C@H](CCO)O[C@@]12C(=O)N(Cc1ccc(NC(=O)c3ccccc3)cc1)c1ccc(NC(=O)c3ccccc3)cc12. The van der Waals surface area contributed by atoms with Gasteiger partial charge in [0.05, 0.1) is 18.3 Å². The van der Waals surface area contributed by atoms with Gasteiger partial charge >= 0.3 is 0 Å². The summed E-state index contributed by atoms with van der Waals surface area (Å²) in [4.78, 5) is 53.5. The highest BCUT2D eigenvalue weighted by molar-refractivity contribution is 6.71. The minimum absolute atomic E-state index is 0.139. The highest BCUT2D eigenvalue weighted by Gasteiger charge is 2.66. The van der Waals surface area contributed by atoms with Crippen LogP contribution in [0.15, 0.2) is 103 Å². The Morgan fingerprint density at radius 3 is 1.96 bits per heavy atom. The van der Waals surface area contributed by atoms with E-state index in [1.807, 2.05) is 62.5 Å². The quantitative estimate of drug-likeness (QED) is 0.167. The van der Waals surface area contributed by atoms with Crippen LogP contribution in [0, 0.1) is 5.92 Å². The molecule has 10 heteroatoms. The molecule has 1 spiro atoms. The number of aliphatic hydroxyl groups is 1. The van der Waals surface area contributed by atoms with Crippen LogP contribution in [0.5, 0.6) is 0 Å². The minimum Gasteiger partial charge on any atom is -0.432 e. The van der Waals surface area contributed by atoms with Crippen LogP contribution >= 0.6 is 0 Å². The van der Waals surface area contributed by atoms with Crippen molar-refractivity contribution < 1.29 is 29.0 Å². The van der Waals surface area contributed by atoms with E-state index in [0.717, 1.165) is 5.56 Å². The zero-order valence-electron chi connectivity index (χ0n) is 26.6. The molecule has 0 bridgehead atoms. The largest absolute Gasteiger partial charge is 0.432 e. The first kappa shape index (κ1) is 32.3. The van der Waals surface area contributed by atoms with E-state index in [4.69, 9.17) is 4.74 Å². The van der Waals surface area contributed by atoms with E-state index in [9.17, 15) is 24.3 Å². The molecule has 2 aliphatic rings. The lowest BCUT2D eigenvalue weighted by Gasteiger charge is -2.32. The first-order valence-electron chi connectivity index (χ1n) is 15.8. The average Bonchev–Trinajstić information content (AvgIpc) is 3.49. The number of fused-ring (bicyclic) bond motifs is 2. The Morgan fingerprint density at radius 1 is 0.851 bits per heavy atom. The Kier molecular flexibility index (Phi) is 8.86. The van der Waals surface area contributed by atoms with Crippen LogP contribution in [0.2, 0.25) is 18.6 Å². The van der Waals surface area contributed by atoms with Crippen LogP contribution in [0.1, 0.15) is 45.2 Å². The Morgan fingerprint density at radius 2 is 1.40 bits per heavy atom. The maximum absolute atomic E-state index is 14.7. The molecule has 4 aromatic carbocycles. The fourth-order valence-corrected chi connectivity index (χ4v) is 9.77. The fraction of sp³-hybridized carbons (Fsp3) is 0.270. The van der Waals surface area contributed by atoms with Crippen molar-refractivity contribution in [2.24, 2.45) is 5.92 Å². The molecule has 4 atom stereocenters. The predicted octanol–water partition coefficient (Wildman–Crippen LogP) is 5.92. The summed E-state index contributed by atoms with van der Waals surface area (Å²) in [7, 11) is -2.87. The van der Waals surface area contributed by atoms with E-state index in [1.54, 1.807) is 65.6 Å². The molecule has 0 aromatic heterocycles. The highest BCUT2D eigenvalue weighted by atomic mass is 28.4. The van der Waals surface area contributed by atoms with Gasteiger partial charge in [-0.2, -0.15) is 0 Å². The number of hydrogen-bond acceptors (Lipinski definition) is 6. The number of hydrogen-bond donors (Lipinski definition) is 4. The molecule has 0 unspecified atom stereocenters. The van der Waals surface area contributed by atoms with Crippen molar-refractivity contribution in [3.05, 3.63) is 125 Å². The number of carbonyl (C=O) groups excluding carboxylic acids is 3. The topological polar surface area (TPSA) is 128 Å². The van der Waals surface area contributed by atoms with Crippen LogP contribution in [-0.4, -0.2) is 48.7 Å². The van der Waals surface area contributed by atoms with E-state index in [1.165, 1.54) is 0 Å². The summed E-state index contributed by atoms with van der Waals surface area (Å²) in [6, 6.07) is 30.6. The van der Waals surface area contributed by atoms with Crippen molar-refractivity contribution in [1.82, 2.24) is 0 Å². The molecule has 3 amide bonds. The lowest BCUT2D eigenvalue weighted by atomic mass is 9.82. The Hall–Kier alpha value is -4.61. The molecule has 4 N–H and O–H groups in total. The van der Waals surface area contributed by atoms with E-state index in [0.29, 0.717) is 33.8 Å². The van der Waals surface area contributed by atoms with Gasteiger partial charge in [-0.1, -0.05) is 55.5 Å². The summed E-state index contributed by atoms with van der Waals surface area (Å²) in [5.41, 5.74) is 2.59. The summed E-state index contributed by atoms with van der Waals surface area (Å²) < 4.78 is 6.72. The minimum atomic E-state index is -2.87. The Bertz CT molecular complexity index is 1780. The lowest BCUT2D eigenvalue weighted by molar-refractivity contribution is -0.146. The predicted molar refractivity (Wildman–Crippen MR) is 184 cm³/mol. The second-order valence-electron chi connectivity index (χ2n) is 12.8. The molecule has 2 heterocycles. The number of ether oxygens (including phenoxy) is 1. The van der Waals surface area contributed by atoms with Gasteiger partial charge in [0, 0.05) is 46.1 Å². The summed E-state index contributed by atoms with van der Waals surface area (Å²) in [5.74, 6) is -1.15. The van der Waals surface area contributed by atoms with E-state index in [2.05, 4.69) is 10.6 Å². The van der Waals surface area contributed by atoms with Crippen molar-refractivity contribution in [3.8, 4) is 0 Å². The molecule has 0 radical (unpaired) electrons. The van der Waals surface area contributed by atoms with Crippen molar-refractivity contribution in [2.45, 2.75) is 50.2 Å². The van der Waals surface area contributed by atoms with Gasteiger partial charge in [-0.3, -0.25) is 14.4 Å². The number of nitrogens with one attached hydrogen (secondary N) is 2. The Labute approximate surface area is 275 Å².